The first kappa shape index (κ1) is 85.1. The summed E-state index contributed by atoms with van der Waals surface area (Å²) in [6.45, 7) is 7.10. The molecule has 87 heavy (non-hydrogen) atoms. The lowest BCUT2D eigenvalue weighted by Crippen LogP contribution is -2.30. The standard InChI is InChI=1S/C68H132O17P2/c1-6-9-12-15-18-19-20-21-22-23-24-25-26-27-28-29-30-31-32-39-44-49-54-68(73)85-64(58-79-66(71)52-47-42-38-34-33-37-40-45-50-61(4)5)60-83-87(76,77)81-56-62(69)55-80-86(74,75)82-59-63(84-67(72)53-48-43-36-17-14-11-8-3)57-78-65(70)51-46-41-35-16-13-10-7-2/h61-64,69H,6-60H2,1-5H3,(H,74,75)(H,76,77)/t62-,63+,64+/m0/s1. The predicted molar refractivity (Wildman–Crippen MR) is 349 cm³/mol. The Bertz CT molecular complexity index is 1690. The van der Waals surface area contributed by atoms with E-state index in [1.165, 1.54) is 148 Å². The van der Waals surface area contributed by atoms with Crippen LogP contribution in [0.25, 0.3) is 0 Å². The van der Waals surface area contributed by atoms with Crippen LogP contribution in [0, 0.1) is 5.92 Å². The van der Waals surface area contributed by atoms with Crippen LogP contribution in [-0.4, -0.2) is 96.7 Å². The third kappa shape index (κ3) is 62.6. The Morgan fingerprint density at radius 1 is 0.310 bits per heavy atom. The van der Waals surface area contributed by atoms with Crippen LogP contribution in [0.4, 0.5) is 0 Å². The SMILES string of the molecule is CCCCCCCCCCCCCCCCCCCCCCCCC(=O)O[C@H](COC(=O)CCCCCCCCCCC(C)C)COP(=O)(O)OC[C@@H](O)COP(=O)(O)OC[C@@H](COC(=O)CCCCCCCCC)OC(=O)CCCCCCCCC. The largest absolute Gasteiger partial charge is 0.472 e. The van der Waals surface area contributed by atoms with E-state index in [2.05, 4.69) is 34.6 Å². The molecule has 0 radical (unpaired) electrons. The number of carbonyl (C=O) groups is 4. The molecule has 17 nitrogen and oxygen atoms in total. The highest BCUT2D eigenvalue weighted by Gasteiger charge is 2.30. The lowest BCUT2D eigenvalue weighted by molar-refractivity contribution is -0.161. The molecular formula is C68H132O17P2. The normalized spacial score (nSPS) is 14.1. The molecule has 0 spiro atoms. The average Bonchev–Trinajstić information content (AvgIpc) is 3.68. The number of ether oxygens (including phenoxy) is 4. The fourth-order valence-electron chi connectivity index (χ4n) is 10.3. The van der Waals surface area contributed by atoms with Crippen molar-refractivity contribution in [1.29, 1.82) is 0 Å². The highest BCUT2D eigenvalue weighted by Crippen LogP contribution is 2.45. The minimum absolute atomic E-state index is 0.103. The second kappa shape index (κ2) is 61.6. The molecule has 0 saturated carbocycles. The van der Waals surface area contributed by atoms with Gasteiger partial charge in [0.2, 0.25) is 0 Å². The van der Waals surface area contributed by atoms with Gasteiger partial charge in [-0.25, -0.2) is 9.13 Å². The highest BCUT2D eigenvalue weighted by atomic mass is 31.2. The molecule has 0 aliphatic carbocycles. The number of rotatable bonds is 68. The van der Waals surface area contributed by atoms with Crippen LogP contribution in [0.1, 0.15) is 349 Å². The Morgan fingerprint density at radius 3 is 0.782 bits per heavy atom. The number of unbranched alkanes of at least 4 members (excludes halogenated alkanes) is 40. The summed E-state index contributed by atoms with van der Waals surface area (Å²) in [5.41, 5.74) is 0. The van der Waals surface area contributed by atoms with Gasteiger partial charge in [-0.1, -0.05) is 298 Å². The van der Waals surface area contributed by atoms with E-state index >= 15 is 0 Å². The van der Waals surface area contributed by atoms with Gasteiger partial charge in [-0.3, -0.25) is 37.3 Å². The van der Waals surface area contributed by atoms with Gasteiger partial charge in [0.15, 0.2) is 12.2 Å². The number of hydrogen-bond acceptors (Lipinski definition) is 15. The van der Waals surface area contributed by atoms with Gasteiger partial charge < -0.3 is 33.8 Å². The van der Waals surface area contributed by atoms with E-state index in [-0.39, 0.29) is 25.7 Å². The molecule has 0 heterocycles. The van der Waals surface area contributed by atoms with E-state index in [1.807, 2.05) is 0 Å². The molecule has 516 valence electrons. The predicted octanol–water partition coefficient (Wildman–Crippen LogP) is 19.4. The summed E-state index contributed by atoms with van der Waals surface area (Å²) in [4.78, 5) is 72.1. The number of carbonyl (C=O) groups excluding carboxylic acids is 4. The molecule has 5 atom stereocenters. The summed E-state index contributed by atoms with van der Waals surface area (Å²) in [5.74, 6) is -1.41. The van der Waals surface area contributed by atoms with Crippen molar-refractivity contribution in [1.82, 2.24) is 0 Å². The number of phosphoric acid groups is 2. The maximum Gasteiger partial charge on any atom is 0.472 e. The zero-order valence-electron chi connectivity index (χ0n) is 56.2. The average molecular weight is 1280 g/mol. The molecule has 0 saturated heterocycles. The first-order chi connectivity index (χ1) is 42.0. The Labute approximate surface area is 530 Å². The van der Waals surface area contributed by atoms with Gasteiger partial charge in [0.25, 0.3) is 0 Å². The van der Waals surface area contributed by atoms with Gasteiger partial charge in [-0.05, 0) is 31.6 Å². The molecular weight excluding hydrogens is 1150 g/mol. The maximum atomic E-state index is 13.0. The van der Waals surface area contributed by atoms with Crippen molar-refractivity contribution in [3.8, 4) is 0 Å². The van der Waals surface area contributed by atoms with Crippen molar-refractivity contribution < 1.29 is 80.2 Å². The third-order valence-electron chi connectivity index (χ3n) is 15.8. The van der Waals surface area contributed by atoms with E-state index in [0.29, 0.717) is 25.7 Å². The Morgan fingerprint density at radius 2 is 0.529 bits per heavy atom. The Hall–Kier alpha value is -1.94. The summed E-state index contributed by atoms with van der Waals surface area (Å²) in [7, 11) is -9.88. The molecule has 0 aliphatic rings. The van der Waals surface area contributed by atoms with Crippen LogP contribution in [0.3, 0.4) is 0 Å². The van der Waals surface area contributed by atoms with E-state index in [4.69, 9.17) is 37.0 Å². The fraction of sp³-hybridized carbons (Fsp3) is 0.941. The molecule has 19 heteroatoms. The van der Waals surface area contributed by atoms with E-state index < -0.39 is 97.5 Å². The van der Waals surface area contributed by atoms with Crippen LogP contribution < -0.4 is 0 Å². The number of aliphatic hydroxyl groups is 1. The minimum Gasteiger partial charge on any atom is -0.462 e. The number of esters is 4. The minimum atomic E-state index is -4.95. The van der Waals surface area contributed by atoms with Crippen molar-refractivity contribution in [2.45, 2.75) is 368 Å². The smallest absolute Gasteiger partial charge is 0.462 e. The number of phosphoric ester groups is 2. The van der Waals surface area contributed by atoms with Crippen LogP contribution in [0.5, 0.6) is 0 Å². The van der Waals surface area contributed by atoms with Crippen LogP contribution >= 0.6 is 15.6 Å². The zero-order chi connectivity index (χ0) is 64.2. The summed E-state index contributed by atoms with van der Waals surface area (Å²) in [6, 6.07) is 0. The third-order valence-corrected chi connectivity index (χ3v) is 17.7. The van der Waals surface area contributed by atoms with Gasteiger partial charge in [0.05, 0.1) is 26.4 Å². The zero-order valence-corrected chi connectivity index (χ0v) is 57.9. The summed E-state index contributed by atoms with van der Waals surface area (Å²) in [6.07, 6.45) is 47.8. The summed E-state index contributed by atoms with van der Waals surface area (Å²) in [5, 5.41) is 10.5. The lowest BCUT2D eigenvalue weighted by atomic mass is 10.0. The van der Waals surface area contributed by atoms with Crippen LogP contribution in [0.15, 0.2) is 0 Å². The van der Waals surface area contributed by atoms with Crippen molar-refractivity contribution in [3.05, 3.63) is 0 Å². The maximum absolute atomic E-state index is 13.0. The Balaban J connectivity index is 5.07. The first-order valence-corrected chi connectivity index (χ1v) is 38.6. The van der Waals surface area contributed by atoms with Crippen molar-refractivity contribution in [2.75, 3.05) is 39.6 Å². The quantitative estimate of drug-likeness (QED) is 0.0222. The molecule has 2 unspecified atom stereocenters. The van der Waals surface area contributed by atoms with Crippen molar-refractivity contribution in [3.63, 3.8) is 0 Å². The second-order valence-electron chi connectivity index (χ2n) is 25.0. The fourth-order valence-corrected chi connectivity index (χ4v) is 11.9. The lowest BCUT2D eigenvalue weighted by Gasteiger charge is -2.21. The monoisotopic (exact) mass is 1280 g/mol. The summed E-state index contributed by atoms with van der Waals surface area (Å²) < 4.78 is 67.9. The molecule has 0 aromatic heterocycles. The van der Waals surface area contributed by atoms with Crippen molar-refractivity contribution in [2.24, 2.45) is 5.92 Å². The molecule has 3 N–H and O–H groups in total. The van der Waals surface area contributed by atoms with Crippen LogP contribution in [0.2, 0.25) is 0 Å². The second-order valence-corrected chi connectivity index (χ2v) is 27.9. The molecule has 0 rings (SSSR count). The van der Waals surface area contributed by atoms with Gasteiger partial charge in [0.1, 0.15) is 19.3 Å². The van der Waals surface area contributed by atoms with Gasteiger partial charge in [-0.15, -0.1) is 0 Å². The number of aliphatic hydroxyl groups excluding tert-OH is 1. The summed E-state index contributed by atoms with van der Waals surface area (Å²) >= 11 is 0. The first-order valence-electron chi connectivity index (χ1n) is 35.6. The van der Waals surface area contributed by atoms with Gasteiger partial charge in [0, 0.05) is 25.7 Å². The topological polar surface area (TPSA) is 237 Å². The molecule has 0 aromatic rings. The van der Waals surface area contributed by atoms with Gasteiger partial charge >= 0.3 is 39.5 Å². The molecule has 0 fully saturated rings. The van der Waals surface area contributed by atoms with E-state index in [0.717, 1.165) is 121 Å². The Kier molecular flexibility index (Phi) is 60.2. The van der Waals surface area contributed by atoms with E-state index in [9.17, 15) is 43.2 Å². The molecule has 0 bridgehead atoms. The molecule has 0 amide bonds. The highest BCUT2D eigenvalue weighted by molar-refractivity contribution is 7.47. The van der Waals surface area contributed by atoms with E-state index in [1.54, 1.807) is 0 Å². The van der Waals surface area contributed by atoms with Crippen LogP contribution in [-0.2, 0) is 65.4 Å². The van der Waals surface area contributed by atoms with Crippen molar-refractivity contribution >= 4 is 39.5 Å². The van der Waals surface area contributed by atoms with Gasteiger partial charge in [-0.2, -0.15) is 0 Å². The number of hydrogen-bond donors (Lipinski definition) is 3. The molecule has 0 aromatic carbocycles. The molecule has 0 aliphatic heterocycles.